The molecule has 2 heterocycles. The first-order valence-corrected chi connectivity index (χ1v) is 9.19. The third-order valence-electron chi connectivity index (χ3n) is 4.62. The Kier molecular flexibility index (Phi) is 6.01. The Balaban J connectivity index is 1.75. The zero-order valence-electron chi connectivity index (χ0n) is 16.4. The quantitative estimate of drug-likeness (QED) is 0.624. The normalized spacial score (nSPS) is 17.3. The van der Waals surface area contributed by atoms with Crippen molar-refractivity contribution in [2.24, 2.45) is 0 Å². The summed E-state index contributed by atoms with van der Waals surface area (Å²) in [5.74, 6) is -1.50. The van der Waals surface area contributed by atoms with Crippen LogP contribution in [0.15, 0.2) is 58.7 Å². The van der Waals surface area contributed by atoms with Gasteiger partial charge in [0.15, 0.2) is 11.8 Å². The number of hydrogen-bond acceptors (Lipinski definition) is 5. The molecule has 1 aromatic carbocycles. The highest BCUT2D eigenvalue weighted by atomic mass is 16.4. The van der Waals surface area contributed by atoms with Crippen LogP contribution in [-0.2, 0) is 14.4 Å². The molecule has 0 bridgehead atoms. The van der Waals surface area contributed by atoms with Gasteiger partial charge in [0.25, 0.3) is 5.91 Å². The summed E-state index contributed by atoms with van der Waals surface area (Å²) in [5.41, 5.74) is 1.12. The second-order valence-electron chi connectivity index (χ2n) is 6.89. The molecule has 0 saturated heterocycles. The Morgan fingerprint density at radius 3 is 2.53 bits per heavy atom. The third kappa shape index (κ3) is 4.57. The Morgan fingerprint density at radius 2 is 1.87 bits per heavy atom. The van der Waals surface area contributed by atoms with Gasteiger partial charge in [-0.2, -0.15) is 0 Å². The largest absolute Gasteiger partial charge is 0.481 e. The maximum atomic E-state index is 12.5. The number of nitrogens with zero attached hydrogens (tertiary/aromatic N) is 1. The van der Waals surface area contributed by atoms with E-state index in [1.807, 2.05) is 30.3 Å². The highest BCUT2D eigenvalue weighted by Crippen LogP contribution is 2.26. The van der Waals surface area contributed by atoms with Crippen LogP contribution in [0.3, 0.4) is 0 Å². The van der Waals surface area contributed by atoms with Gasteiger partial charge in [-0.15, -0.1) is 0 Å². The number of amides is 3. The molecule has 0 aliphatic carbocycles. The van der Waals surface area contributed by atoms with E-state index in [0.717, 1.165) is 5.56 Å². The fourth-order valence-electron chi connectivity index (χ4n) is 3.11. The molecule has 2 aromatic rings. The Morgan fingerprint density at radius 1 is 1.17 bits per heavy atom. The number of rotatable bonds is 6. The van der Waals surface area contributed by atoms with Gasteiger partial charge in [-0.05, 0) is 19.1 Å². The predicted molar refractivity (Wildman–Crippen MR) is 106 cm³/mol. The number of hydrogen-bond donors (Lipinski definition) is 3. The summed E-state index contributed by atoms with van der Waals surface area (Å²) >= 11 is 0. The lowest BCUT2D eigenvalue weighted by molar-refractivity contribution is -0.138. The lowest BCUT2D eigenvalue weighted by Gasteiger charge is -2.27. The summed E-state index contributed by atoms with van der Waals surface area (Å²) < 4.78 is 5.74. The van der Waals surface area contributed by atoms with E-state index in [-0.39, 0.29) is 5.76 Å². The van der Waals surface area contributed by atoms with Gasteiger partial charge < -0.3 is 25.1 Å². The van der Waals surface area contributed by atoms with Crippen LogP contribution in [0.2, 0.25) is 0 Å². The van der Waals surface area contributed by atoms with Crippen molar-refractivity contribution in [3.8, 4) is 11.3 Å². The topological polar surface area (TPSA) is 129 Å². The van der Waals surface area contributed by atoms with Crippen molar-refractivity contribution >= 4 is 23.7 Å². The summed E-state index contributed by atoms with van der Waals surface area (Å²) in [5, 5.41) is 14.0. The zero-order valence-corrected chi connectivity index (χ0v) is 16.4. The molecule has 3 N–H and O–H groups in total. The van der Waals surface area contributed by atoms with Crippen molar-refractivity contribution in [3.63, 3.8) is 0 Å². The molecule has 1 aliphatic rings. The fourth-order valence-corrected chi connectivity index (χ4v) is 3.11. The zero-order chi connectivity index (χ0) is 21.8. The van der Waals surface area contributed by atoms with Gasteiger partial charge in [-0.3, -0.25) is 14.4 Å². The van der Waals surface area contributed by atoms with Crippen molar-refractivity contribution < 1.29 is 28.7 Å². The number of carbonyl (C=O) groups is 4. The number of aliphatic carboxylic acids is 1. The average molecular weight is 411 g/mol. The van der Waals surface area contributed by atoms with Crippen LogP contribution in [-0.4, -0.2) is 46.8 Å². The van der Waals surface area contributed by atoms with E-state index in [2.05, 4.69) is 10.6 Å². The van der Waals surface area contributed by atoms with Crippen LogP contribution >= 0.6 is 0 Å². The molecule has 156 valence electrons. The monoisotopic (exact) mass is 411 g/mol. The molecule has 3 amide bonds. The molecule has 9 nitrogen and oxygen atoms in total. The smallest absolute Gasteiger partial charge is 0.316 e. The average Bonchev–Trinajstić information content (AvgIpc) is 3.20. The fraction of sp³-hybridized carbons (Fsp3) is 0.238. The maximum absolute atomic E-state index is 12.5. The molecular formula is C21H21N3O6. The minimum atomic E-state index is -1.37. The van der Waals surface area contributed by atoms with Crippen LogP contribution in [0.4, 0.5) is 4.79 Å². The number of carboxylic acid groups (broad SMARTS) is 1. The van der Waals surface area contributed by atoms with Crippen LogP contribution in [0.1, 0.15) is 25.1 Å². The van der Waals surface area contributed by atoms with E-state index in [9.17, 15) is 24.3 Å². The van der Waals surface area contributed by atoms with Gasteiger partial charge in [0.05, 0.1) is 12.5 Å². The number of likely N-dealkylation sites (N-methyl/N-ethyl adjacent to an activating group) is 1. The van der Waals surface area contributed by atoms with Gasteiger partial charge in [-0.1, -0.05) is 30.3 Å². The number of furan rings is 1. The molecule has 0 radical (unpaired) electrons. The van der Waals surface area contributed by atoms with Crippen molar-refractivity contribution in [2.75, 3.05) is 7.05 Å². The Labute approximate surface area is 172 Å². The molecule has 0 fully saturated rings. The SMILES string of the molecule is CC1=CN(C)C(=O)C(NC(=O)NC(CC(=O)O)c2ccc(-c3ccccc3)o2)C1=O. The van der Waals surface area contributed by atoms with Gasteiger partial charge >= 0.3 is 12.0 Å². The van der Waals surface area contributed by atoms with E-state index >= 15 is 0 Å². The number of benzene rings is 1. The maximum Gasteiger partial charge on any atom is 0.316 e. The van der Waals surface area contributed by atoms with Gasteiger partial charge in [-0.25, -0.2) is 4.79 Å². The second-order valence-corrected chi connectivity index (χ2v) is 6.89. The highest BCUT2D eigenvalue weighted by Gasteiger charge is 2.35. The number of ketones is 1. The van der Waals surface area contributed by atoms with E-state index in [0.29, 0.717) is 11.3 Å². The third-order valence-corrected chi connectivity index (χ3v) is 4.62. The molecule has 30 heavy (non-hydrogen) atoms. The molecule has 0 spiro atoms. The van der Waals surface area contributed by atoms with Crippen molar-refractivity contribution in [1.29, 1.82) is 0 Å². The summed E-state index contributed by atoms with van der Waals surface area (Å²) in [4.78, 5) is 49.4. The van der Waals surface area contributed by atoms with E-state index in [1.54, 1.807) is 19.1 Å². The first-order chi connectivity index (χ1) is 14.3. The summed E-state index contributed by atoms with van der Waals surface area (Å²) in [6.45, 7) is 1.54. The molecule has 3 rings (SSSR count). The number of Topliss-reactive ketones (excluding diaryl/α,β-unsaturated/α-hetero) is 1. The second kappa shape index (κ2) is 8.64. The minimum absolute atomic E-state index is 0.237. The lowest BCUT2D eigenvalue weighted by atomic mass is 10.0. The summed E-state index contributed by atoms with van der Waals surface area (Å²) in [6.07, 6.45) is 0.947. The molecule has 9 heteroatoms. The Hall–Kier alpha value is -3.88. The first kappa shape index (κ1) is 20.8. The molecular weight excluding hydrogens is 390 g/mol. The van der Waals surface area contributed by atoms with E-state index in [4.69, 9.17) is 4.42 Å². The van der Waals surface area contributed by atoms with Crippen LogP contribution < -0.4 is 10.6 Å². The predicted octanol–water partition coefficient (Wildman–Crippen LogP) is 2.08. The minimum Gasteiger partial charge on any atom is -0.481 e. The molecule has 2 unspecified atom stereocenters. The number of carboxylic acids is 1. The van der Waals surface area contributed by atoms with Crippen LogP contribution in [0.25, 0.3) is 11.3 Å². The molecule has 1 aromatic heterocycles. The van der Waals surface area contributed by atoms with Crippen molar-refractivity contribution in [1.82, 2.24) is 15.5 Å². The Bertz CT molecular complexity index is 1010. The standard InChI is InChI=1S/C21H21N3O6/c1-12-11-24(2)20(28)18(19(12)27)23-21(29)22-14(10-17(25)26)16-9-8-15(30-16)13-6-4-3-5-7-13/h3-9,11,14,18H,10H2,1-2H3,(H,25,26)(H2,22,23,29). The van der Waals surface area contributed by atoms with Gasteiger partial charge in [0.1, 0.15) is 11.5 Å². The molecule has 0 saturated carbocycles. The summed E-state index contributed by atoms with van der Waals surface area (Å²) in [6, 6.07) is 9.23. The summed E-state index contributed by atoms with van der Waals surface area (Å²) in [7, 11) is 1.48. The number of urea groups is 1. The van der Waals surface area contributed by atoms with Crippen molar-refractivity contribution in [2.45, 2.75) is 25.4 Å². The first-order valence-electron chi connectivity index (χ1n) is 9.19. The lowest BCUT2D eigenvalue weighted by Crippen LogP contribution is -2.56. The van der Waals surface area contributed by atoms with Crippen LogP contribution in [0, 0.1) is 0 Å². The van der Waals surface area contributed by atoms with E-state index in [1.165, 1.54) is 18.1 Å². The number of carbonyl (C=O) groups excluding carboxylic acids is 3. The van der Waals surface area contributed by atoms with Crippen molar-refractivity contribution in [3.05, 3.63) is 60.0 Å². The van der Waals surface area contributed by atoms with E-state index < -0.39 is 42.2 Å². The van der Waals surface area contributed by atoms with Crippen LogP contribution in [0.5, 0.6) is 0 Å². The molecule has 1 aliphatic heterocycles. The van der Waals surface area contributed by atoms with Gasteiger partial charge in [0, 0.05) is 24.4 Å². The molecule has 2 atom stereocenters. The highest BCUT2D eigenvalue weighted by molar-refractivity contribution is 6.16. The number of nitrogens with one attached hydrogen (secondary N) is 2. The van der Waals surface area contributed by atoms with Gasteiger partial charge in [0.2, 0.25) is 0 Å².